The third kappa shape index (κ3) is 4.66. The van der Waals surface area contributed by atoms with Crippen LogP contribution in [0.5, 0.6) is 5.75 Å². The fraction of sp³-hybridized carbons (Fsp3) is 0.0345. The van der Waals surface area contributed by atoms with Crippen LogP contribution in [0.4, 0.5) is 15.9 Å². The number of fused-ring (bicyclic) bond motifs is 2. The van der Waals surface area contributed by atoms with Gasteiger partial charge < -0.3 is 10.1 Å². The average molecular weight is 506 g/mol. The molecule has 0 fully saturated rings. The molecule has 6 nitrogen and oxygen atoms in total. The zero-order valence-electron chi connectivity index (χ0n) is 19.7. The Labute approximate surface area is 216 Å². The molecular weight excluding hydrogens is 485 g/mol. The minimum atomic E-state index is -0.283. The molecule has 0 spiro atoms. The second-order valence-corrected chi connectivity index (χ2v) is 9.37. The first kappa shape index (κ1) is 22.9. The SMILES string of the molecule is COc1cnc2c(Sc3ccc(Nc4nnc(-c5ccc(F)cc5)c5ccccc45)cc3)ccnc2c1. The summed E-state index contributed by atoms with van der Waals surface area (Å²) in [6, 6.07) is 26.2. The van der Waals surface area contributed by atoms with Gasteiger partial charge in [-0.1, -0.05) is 36.0 Å². The van der Waals surface area contributed by atoms with Crippen LogP contribution in [0.1, 0.15) is 0 Å². The largest absolute Gasteiger partial charge is 0.495 e. The number of halogens is 1. The van der Waals surface area contributed by atoms with Gasteiger partial charge in [-0.05, 0) is 54.6 Å². The second kappa shape index (κ2) is 9.83. The summed E-state index contributed by atoms with van der Waals surface area (Å²) in [5.74, 6) is 1.05. The summed E-state index contributed by atoms with van der Waals surface area (Å²) in [5, 5.41) is 14.2. The van der Waals surface area contributed by atoms with Gasteiger partial charge in [0.15, 0.2) is 5.82 Å². The number of aromatic nitrogens is 4. The number of nitrogens with one attached hydrogen (secondary N) is 1. The average Bonchev–Trinajstić information content (AvgIpc) is 2.95. The molecule has 6 aromatic rings. The lowest BCUT2D eigenvalue weighted by Gasteiger charge is -2.12. The third-order valence-corrected chi connectivity index (χ3v) is 6.96. The van der Waals surface area contributed by atoms with E-state index in [-0.39, 0.29) is 5.82 Å². The highest BCUT2D eigenvalue weighted by molar-refractivity contribution is 7.99. The van der Waals surface area contributed by atoms with Gasteiger partial charge in [0.1, 0.15) is 22.8 Å². The molecule has 0 atom stereocenters. The summed E-state index contributed by atoms with van der Waals surface area (Å²) in [4.78, 5) is 11.0. The van der Waals surface area contributed by atoms with Crippen molar-refractivity contribution in [3.05, 3.63) is 103 Å². The van der Waals surface area contributed by atoms with E-state index in [0.717, 1.165) is 42.8 Å². The number of pyridine rings is 2. The molecule has 3 heterocycles. The lowest BCUT2D eigenvalue weighted by Crippen LogP contribution is -1.99. The normalized spacial score (nSPS) is 11.1. The van der Waals surface area contributed by atoms with Crippen molar-refractivity contribution in [1.82, 2.24) is 20.2 Å². The van der Waals surface area contributed by atoms with E-state index in [1.165, 1.54) is 12.1 Å². The lowest BCUT2D eigenvalue weighted by atomic mass is 10.0. The van der Waals surface area contributed by atoms with Crippen molar-refractivity contribution in [1.29, 1.82) is 0 Å². The Balaban J connectivity index is 1.26. The van der Waals surface area contributed by atoms with Crippen LogP contribution in [0.2, 0.25) is 0 Å². The van der Waals surface area contributed by atoms with Gasteiger partial charge in [0, 0.05) is 44.1 Å². The van der Waals surface area contributed by atoms with Crippen molar-refractivity contribution >= 4 is 45.1 Å². The Kier molecular flexibility index (Phi) is 6.08. The Hall–Kier alpha value is -4.56. The van der Waals surface area contributed by atoms with Crippen LogP contribution in [-0.2, 0) is 0 Å². The molecule has 37 heavy (non-hydrogen) atoms. The summed E-state index contributed by atoms with van der Waals surface area (Å²) in [5.41, 5.74) is 4.04. The zero-order valence-corrected chi connectivity index (χ0v) is 20.5. The van der Waals surface area contributed by atoms with E-state index in [0.29, 0.717) is 17.3 Å². The molecule has 180 valence electrons. The number of benzene rings is 3. The molecule has 0 saturated carbocycles. The molecule has 0 aliphatic rings. The van der Waals surface area contributed by atoms with Crippen molar-refractivity contribution in [3.8, 4) is 17.0 Å². The molecule has 0 bridgehead atoms. The minimum Gasteiger partial charge on any atom is -0.495 e. The smallest absolute Gasteiger partial charge is 0.161 e. The monoisotopic (exact) mass is 505 g/mol. The first-order chi connectivity index (χ1) is 18.2. The van der Waals surface area contributed by atoms with Crippen LogP contribution in [0.15, 0.2) is 107 Å². The molecular formula is C29H20FN5OS. The molecule has 3 aromatic carbocycles. The quantitative estimate of drug-likeness (QED) is 0.255. The van der Waals surface area contributed by atoms with Gasteiger partial charge in [-0.2, -0.15) is 0 Å². The number of hydrogen-bond donors (Lipinski definition) is 1. The van der Waals surface area contributed by atoms with E-state index < -0.39 is 0 Å². The maximum absolute atomic E-state index is 13.4. The molecule has 0 unspecified atom stereocenters. The summed E-state index contributed by atoms with van der Waals surface area (Å²) in [6.45, 7) is 0. The molecule has 0 aliphatic carbocycles. The highest BCUT2D eigenvalue weighted by Crippen LogP contribution is 2.35. The van der Waals surface area contributed by atoms with Gasteiger partial charge in [0.05, 0.1) is 18.8 Å². The van der Waals surface area contributed by atoms with Crippen LogP contribution < -0.4 is 10.1 Å². The van der Waals surface area contributed by atoms with E-state index in [2.05, 4.69) is 25.5 Å². The molecule has 6 rings (SSSR count). The topological polar surface area (TPSA) is 72.8 Å². The fourth-order valence-corrected chi connectivity index (χ4v) is 4.98. The van der Waals surface area contributed by atoms with Crippen molar-refractivity contribution < 1.29 is 9.13 Å². The highest BCUT2D eigenvalue weighted by Gasteiger charge is 2.12. The summed E-state index contributed by atoms with van der Waals surface area (Å²) < 4.78 is 18.7. The van der Waals surface area contributed by atoms with Crippen molar-refractivity contribution in [2.75, 3.05) is 12.4 Å². The Morgan fingerprint density at radius 3 is 2.41 bits per heavy atom. The summed E-state index contributed by atoms with van der Waals surface area (Å²) in [7, 11) is 1.62. The van der Waals surface area contributed by atoms with Crippen molar-refractivity contribution in [2.45, 2.75) is 9.79 Å². The number of methoxy groups -OCH3 is 1. The lowest BCUT2D eigenvalue weighted by molar-refractivity contribution is 0.413. The predicted molar refractivity (Wildman–Crippen MR) is 145 cm³/mol. The zero-order chi connectivity index (χ0) is 25.2. The molecule has 0 amide bonds. The van der Waals surface area contributed by atoms with E-state index >= 15 is 0 Å². The van der Waals surface area contributed by atoms with Gasteiger partial charge in [-0.3, -0.25) is 4.98 Å². The van der Waals surface area contributed by atoms with E-state index in [4.69, 9.17) is 4.74 Å². The van der Waals surface area contributed by atoms with Crippen LogP contribution in [0.3, 0.4) is 0 Å². The maximum Gasteiger partial charge on any atom is 0.161 e. The first-order valence-electron chi connectivity index (χ1n) is 11.5. The van der Waals surface area contributed by atoms with Crippen LogP contribution in [0, 0.1) is 5.82 Å². The van der Waals surface area contributed by atoms with Crippen LogP contribution >= 0.6 is 11.8 Å². The van der Waals surface area contributed by atoms with Crippen LogP contribution in [0.25, 0.3) is 33.1 Å². The molecule has 3 aromatic heterocycles. The Morgan fingerprint density at radius 2 is 1.62 bits per heavy atom. The van der Waals surface area contributed by atoms with Gasteiger partial charge in [-0.15, -0.1) is 10.2 Å². The van der Waals surface area contributed by atoms with E-state index in [1.54, 1.807) is 43.4 Å². The number of anilines is 2. The fourth-order valence-electron chi connectivity index (χ4n) is 4.07. The van der Waals surface area contributed by atoms with Crippen molar-refractivity contribution in [3.63, 3.8) is 0 Å². The minimum absolute atomic E-state index is 0.283. The molecule has 0 radical (unpaired) electrons. The maximum atomic E-state index is 13.4. The Bertz CT molecular complexity index is 1730. The summed E-state index contributed by atoms with van der Waals surface area (Å²) in [6.07, 6.45) is 3.48. The van der Waals surface area contributed by atoms with Gasteiger partial charge in [-0.25, -0.2) is 9.37 Å². The molecule has 0 aliphatic heterocycles. The number of ether oxygens (including phenoxy) is 1. The van der Waals surface area contributed by atoms with Gasteiger partial charge in [0.2, 0.25) is 0 Å². The number of hydrogen-bond acceptors (Lipinski definition) is 7. The van der Waals surface area contributed by atoms with Gasteiger partial charge in [0.25, 0.3) is 0 Å². The molecule has 1 N–H and O–H groups in total. The Morgan fingerprint density at radius 1 is 0.838 bits per heavy atom. The van der Waals surface area contributed by atoms with E-state index in [1.807, 2.05) is 60.7 Å². The predicted octanol–water partition coefficient (Wildman–Crippen LogP) is 7.28. The second-order valence-electron chi connectivity index (χ2n) is 8.25. The first-order valence-corrected chi connectivity index (χ1v) is 12.3. The van der Waals surface area contributed by atoms with E-state index in [9.17, 15) is 4.39 Å². The third-order valence-electron chi connectivity index (χ3n) is 5.90. The van der Waals surface area contributed by atoms with Crippen molar-refractivity contribution in [2.24, 2.45) is 0 Å². The number of rotatable bonds is 6. The number of nitrogens with zero attached hydrogens (tertiary/aromatic N) is 4. The van der Waals surface area contributed by atoms with Gasteiger partial charge >= 0.3 is 0 Å². The van der Waals surface area contributed by atoms with Crippen LogP contribution in [-0.4, -0.2) is 27.3 Å². The molecule has 8 heteroatoms. The highest BCUT2D eigenvalue weighted by atomic mass is 32.2. The summed E-state index contributed by atoms with van der Waals surface area (Å²) >= 11 is 1.62. The standard InChI is InChI=1S/C29H20FN5OS/c1-36-21-16-25-28(32-17-21)26(14-15-31-25)37-22-12-10-20(11-13-22)33-29-24-5-3-2-4-23(24)27(34-35-29)18-6-8-19(30)9-7-18/h2-17H,1H3,(H,33,35). The molecule has 0 saturated heterocycles.